The molecule has 0 radical (unpaired) electrons. The molecule has 0 aliphatic heterocycles. The maximum atomic E-state index is 5.29. The maximum Gasteiger partial charge on any atom is 0.141 e. The summed E-state index contributed by atoms with van der Waals surface area (Å²) >= 11 is 0. The Morgan fingerprint density at radius 2 is 0.979 bits per heavy atom. The van der Waals surface area contributed by atoms with Crippen molar-refractivity contribution in [1.29, 1.82) is 0 Å². The number of nitrogens with zero attached hydrogens (tertiary/aromatic N) is 2. The van der Waals surface area contributed by atoms with E-state index in [1.54, 1.807) is 0 Å². The molecule has 0 bridgehead atoms. The zero-order valence-electron chi connectivity index (χ0n) is 26.8. The Hall–Kier alpha value is -5.99. The Morgan fingerprint density at radius 3 is 1.71 bits per heavy atom. The molecule has 2 unspecified atom stereocenters. The molecule has 2 heteroatoms. The van der Waals surface area contributed by atoms with Gasteiger partial charge in [-0.25, -0.2) is 4.98 Å². The molecule has 2 atom stereocenters. The third-order valence-electron chi connectivity index (χ3n) is 9.89. The fraction of sp³-hybridized carbons (Fsp3) is 0.0652. The first-order valence-corrected chi connectivity index (χ1v) is 16.8. The van der Waals surface area contributed by atoms with Crippen molar-refractivity contribution >= 4 is 32.6 Å². The lowest BCUT2D eigenvalue weighted by Crippen LogP contribution is -2.16. The van der Waals surface area contributed by atoms with Crippen molar-refractivity contribution in [3.05, 3.63) is 176 Å². The summed E-state index contributed by atoms with van der Waals surface area (Å²) in [7, 11) is 0. The second-order valence-corrected chi connectivity index (χ2v) is 12.8. The second-order valence-electron chi connectivity index (χ2n) is 12.8. The summed E-state index contributed by atoms with van der Waals surface area (Å²) in [5, 5.41) is 4.97. The Morgan fingerprint density at radius 1 is 0.458 bits per heavy atom. The van der Waals surface area contributed by atoms with Crippen LogP contribution in [0.5, 0.6) is 0 Å². The van der Waals surface area contributed by atoms with Crippen molar-refractivity contribution in [2.45, 2.75) is 13.0 Å². The summed E-state index contributed by atoms with van der Waals surface area (Å²) in [6.07, 6.45) is 8.92. The average molecular weight is 615 g/mol. The van der Waals surface area contributed by atoms with Crippen LogP contribution >= 0.6 is 0 Å². The van der Waals surface area contributed by atoms with Gasteiger partial charge in [-0.05, 0) is 79.0 Å². The number of allylic oxidation sites excluding steroid dienone is 4. The van der Waals surface area contributed by atoms with Crippen molar-refractivity contribution in [3.8, 4) is 44.8 Å². The minimum Gasteiger partial charge on any atom is -0.316 e. The summed E-state index contributed by atoms with van der Waals surface area (Å²) in [6.45, 7) is 2.29. The van der Waals surface area contributed by atoms with Crippen molar-refractivity contribution in [3.63, 3.8) is 0 Å². The molecule has 2 nitrogen and oxygen atoms in total. The lowest BCUT2D eigenvalue weighted by atomic mass is 9.85. The topological polar surface area (TPSA) is 17.8 Å². The van der Waals surface area contributed by atoms with Gasteiger partial charge in [0, 0.05) is 5.56 Å². The van der Waals surface area contributed by atoms with Gasteiger partial charge in [0.05, 0.1) is 17.1 Å². The highest BCUT2D eigenvalue weighted by atomic mass is 15.1. The SMILES string of the molecule is CC1C=CC=CC1n1c(-c2ccc3c(-c4ccc(-c5ccccc5)cc4)c4ccccc4c(-c4ccccc4)c3c2)nc2ccccc21. The van der Waals surface area contributed by atoms with Crippen molar-refractivity contribution < 1.29 is 0 Å². The molecule has 1 aliphatic carbocycles. The van der Waals surface area contributed by atoms with Crippen LogP contribution < -0.4 is 0 Å². The van der Waals surface area contributed by atoms with Crippen LogP contribution in [0.2, 0.25) is 0 Å². The highest BCUT2D eigenvalue weighted by molar-refractivity contribution is 6.22. The van der Waals surface area contributed by atoms with E-state index in [-0.39, 0.29) is 6.04 Å². The van der Waals surface area contributed by atoms with E-state index in [9.17, 15) is 0 Å². The quantitative estimate of drug-likeness (QED) is 0.176. The standard InChI is InChI=1S/C46H34N2/c1-31-14-8-12-22-42(31)48-43-23-13-11-21-41(43)47-46(48)36-28-29-39-40(30-36)45(34-17-6-3-7-18-34)38-20-10-9-19-37(38)44(39)35-26-24-33(25-27-35)32-15-4-2-5-16-32/h2-31,42H,1H3. The van der Waals surface area contributed by atoms with Gasteiger partial charge >= 0.3 is 0 Å². The van der Waals surface area contributed by atoms with Crippen LogP contribution in [0.15, 0.2) is 176 Å². The molecule has 48 heavy (non-hydrogen) atoms. The molecule has 9 rings (SSSR count). The van der Waals surface area contributed by atoms with Gasteiger partial charge in [0.2, 0.25) is 0 Å². The monoisotopic (exact) mass is 614 g/mol. The van der Waals surface area contributed by atoms with Crippen molar-refractivity contribution in [1.82, 2.24) is 9.55 Å². The number of rotatable bonds is 5. The van der Waals surface area contributed by atoms with Gasteiger partial charge in [0.25, 0.3) is 0 Å². The first-order chi connectivity index (χ1) is 23.7. The van der Waals surface area contributed by atoms with Gasteiger partial charge in [-0.3, -0.25) is 0 Å². The van der Waals surface area contributed by atoms with Crippen LogP contribution in [0.25, 0.3) is 77.3 Å². The highest BCUT2D eigenvalue weighted by Crippen LogP contribution is 2.45. The van der Waals surface area contributed by atoms with Crippen LogP contribution in [-0.4, -0.2) is 9.55 Å². The number of hydrogen-bond donors (Lipinski definition) is 0. The molecule has 1 heterocycles. The van der Waals surface area contributed by atoms with E-state index in [0.29, 0.717) is 5.92 Å². The molecule has 8 aromatic rings. The zero-order valence-corrected chi connectivity index (χ0v) is 26.8. The van der Waals surface area contributed by atoms with Crippen LogP contribution in [0.4, 0.5) is 0 Å². The van der Waals surface area contributed by atoms with Crippen LogP contribution in [-0.2, 0) is 0 Å². The van der Waals surface area contributed by atoms with Crippen LogP contribution in [0.1, 0.15) is 13.0 Å². The molecule has 0 saturated carbocycles. The Kier molecular flexibility index (Phi) is 6.87. The molecule has 0 spiro atoms. The largest absolute Gasteiger partial charge is 0.316 e. The van der Waals surface area contributed by atoms with Gasteiger partial charge in [-0.2, -0.15) is 0 Å². The fourth-order valence-electron chi connectivity index (χ4n) is 7.58. The first-order valence-electron chi connectivity index (χ1n) is 16.8. The first kappa shape index (κ1) is 28.3. The van der Waals surface area contributed by atoms with Crippen molar-refractivity contribution in [2.75, 3.05) is 0 Å². The zero-order chi connectivity index (χ0) is 32.0. The second kappa shape index (κ2) is 11.7. The molecule has 1 aromatic heterocycles. The van der Waals surface area contributed by atoms with E-state index < -0.39 is 0 Å². The number of benzene rings is 7. The minimum atomic E-state index is 0.178. The van der Waals surface area contributed by atoms with Crippen LogP contribution in [0.3, 0.4) is 0 Å². The predicted octanol–water partition coefficient (Wildman–Crippen LogP) is 12.3. The highest BCUT2D eigenvalue weighted by Gasteiger charge is 2.24. The van der Waals surface area contributed by atoms with E-state index in [4.69, 9.17) is 4.98 Å². The third-order valence-corrected chi connectivity index (χ3v) is 9.89. The minimum absolute atomic E-state index is 0.178. The average Bonchev–Trinajstić information content (AvgIpc) is 3.54. The summed E-state index contributed by atoms with van der Waals surface area (Å²) < 4.78 is 2.44. The predicted molar refractivity (Wildman–Crippen MR) is 203 cm³/mol. The van der Waals surface area contributed by atoms with Gasteiger partial charge < -0.3 is 4.57 Å². The van der Waals surface area contributed by atoms with Gasteiger partial charge in [-0.15, -0.1) is 0 Å². The number of fused-ring (bicyclic) bond motifs is 3. The van der Waals surface area contributed by atoms with E-state index in [0.717, 1.165) is 22.4 Å². The molecule has 0 N–H and O–H groups in total. The summed E-state index contributed by atoms with van der Waals surface area (Å²) in [6, 6.07) is 55.1. The van der Waals surface area contributed by atoms with Gasteiger partial charge in [0.1, 0.15) is 5.82 Å². The van der Waals surface area contributed by atoms with Gasteiger partial charge in [0.15, 0.2) is 0 Å². The molecule has 7 aromatic carbocycles. The number of para-hydroxylation sites is 2. The summed E-state index contributed by atoms with van der Waals surface area (Å²) in [4.78, 5) is 5.29. The van der Waals surface area contributed by atoms with Gasteiger partial charge in [-0.1, -0.05) is 165 Å². The Labute approximate surface area is 281 Å². The normalized spacial score (nSPS) is 15.9. The Balaban J connectivity index is 1.33. The van der Waals surface area contributed by atoms with Crippen LogP contribution in [0, 0.1) is 5.92 Å². The molecule has 228 valence electrons. The molecule has 0 amide bonds. The Bertz CT molecular complexity index is 2500. The van der Waals surface area contributed by atoms with E-state index in [2.05, 4.69) is 187 Å². The molecule has 0 fully saturated rings. The summed E-state index contributed by atoms with van der Waals surface area (Å²) in [5.41, 5.74) is 10.7. The molecule has 1 aliphatic rings. The van der Waals surface area contributed by atoms with Crippen molar-refractivity contribution in [2.24, 2.45) is 5.92 Å². The number of imidazole rings is 1. The number of aromatic nitrogens is 2. The molecular formula is C46H34N2. The number of hydrogen-bond acceptors (Lipinski definition) is 1. The lowest BCUT2D eigenvalue weighted by molar-refractivity contribution is 0.500. The third kappa shape index (κ3) is 4.68. The fourth-order valence-corrected chi connectivity index (χ4v) is 7.58. The smallest absolute Gasteiger partial charge is 0.141 e. The lowest BCUT2D eigenvalue weighted by Gasteiger charge is -2.25. The maximum absolute atomic E-state index is 5.29. The van der Waals surface area contributed by atoms with E-state index in [1.165, 1.54) is 54.9 Å². The summed E-state index contributed by atoms with van der Waals surface area (Å²) in [5.74, 6) is 1.34. The van der Waals surface area contributed by atoms with E-state index in [1.807, 2.05) is 0 Å². The molecular weight excluding hydrogens is 581 g/mol. The van der Waals surface area contributed by atoms with E-state index >= 15 is 0 Å². The molecule has 0 saturated heterocycles.